The van der Waals surface area contributed by atoms with E-state index in [2.05, 4.69) is 5.32 Å². The third-order valence-electron chi connectivity index (χ3n) is 6.46. The van der Waals surface area contributed by atoms with E-state index in [1.807, 2.05) is 4.90 Å². The van der Waals surface area contributed by atoms with Crippen LogP contribution in [0.1, 0.15) is 42.6 Å². The molecule has 0 saturated carbocycles. The van der Waals surface area contributed by atoms with Crippen LogP contribution in [0.3, 0.4) is 0 Å². The Hall–Kier alpha value is -1.38. The highest BCUT2D eigenvalue weighted by Crippen LogP contribution is 2.28. The highest BCUT2D eigenvalue weighted by molar-refractivity contribution is 7.89. The Balaban J connectivity index is 1.51. The lowest BCUT2D eigenvalue weighted by Gasteiger charge is -2.25. The molecule has 1 aromatic heterocycles. The Morgan fingerprint density at radius 1 is 1.04 bits per heavy atom. The minimum Gasteiger partial charge on any atom is -0.345 e. The molecule has 3 fully saturated rings. The van der Waals surface area contributed by atoms with Gasteiger partial charge in [0, 0.05) is 39.4 Å². The van der Waals surface area contributed by atoms with E-state index in [1.165, 1.54) is 0 Å². The molecular weight excluding hydrogens is 364 g/mol. The summed E-state index contributed by atoms with van der Waals surface area (Å²) in [5, 5.41) is 3.45. The SMILES string of the molecule is Cn1cc(S(=O)(=O)N2CCCCC2)cc1C(=O)N1CC[C@@H]2CNC[C@@H]2CC1. The zero-order valence-corrected chi connectivity index (χ0v) is 16.9. The average molecular weight is 395 g/mol. The van der Waals surface area contributed by atoms with Crippen LogP contribution in [0.25, 0.3) is 0 Å². The van der Waals surface area contributed by atoms with Crippen LogP contribution in [0, 0.1) is 11.8 Å². The lowest BCUT2D eigenvalue weighted by Crippen LogP contribution is -2.35. The van der Waals surface area contributed by atoms with E-state index in [4.69, 9.17) is 0 Å². The number of amides is 1. The van der Waals surface area contributed by atoms with Crippen molar-refractivity contribution < 1.29 is 13.2 Å². The van der Waals surface area contributed by atoms with Gasteiger partial charge in [0.15, 0.2) is 0 Å². The van der Waals surface area contributed by atoms with Crippen LogP contribution in [0.4, 0.5) is 0 Å². The van der Waals surface area contributed by atoms with Crippen molar-refractivity contribution in [2.24, 2.45) is 18.9 Å². The summed E-state index contributed by atoms with van der Waals surface area (Å²) in [6, 6.07) is 1.57. The zero-order valence-electron chi connectivity index (χ0n) is 16.1. The summed E-state index contributed by atoms with van der Waals surface area (Å²) in [7, 11) is -1.75. The second-order valence-corrected chi connectivity index (χ2v) is 10.1. The van der Waals surface area contributed by atoms with Crippen LogP contribution in [0.5, 0.6) is 0 Å². The summed E-state index contributed by atoms with van der Waals surface area (Å²) in [6.45, 7) is 4.75. The predicted molar refractivity (Wildman–Crippen MR) is 103 cm³/mol. The monoisotopic (exact) mass is 394 g/mol. The van der Waals surface area contributed by atoms with Gasteiger partial charge < -0.3 is 14.8 Å². The fraction of sp³-hybridized carbons (Fsp3) is 0.737. The fourth-order valence-electron chi connectivity index (χ4n) is 4.73. The van der Waals surface area contributed by atoms with Crippen LogP contribution >= 0.6 is 0 Å². The molecule has 8 heteroatoms. The van der Waals surface area contributed by atoms with Crippen molar-refractivity contribution in [3.05, 3.63) is 18.0 Å². The van der Waals surface area contributed by atoms with E-state index >= 15 is 0 Å². The topological polar surface area (TPSA) is 74.7 Å². The van der Waals surface area contributed by atoms with Crippen LogP contribution in [-0.2, 0) is 17.1 Å². The normalized spacial score (nSPS) is 27.4. The van der Waals surface area contributed by atoms with Gasteiger partial charge in [-0.15, -0.1) is 0 Å². The largest absolute Gasteiger partial charge is 0.345 e. The van der Waals surface area contributed by atoms with E-state index in [0.29, 0.717) is 30.6 Å². The first-order valence-corrected chi connectivity index (χ1v) is 11.6. The van der Waals surface area contributed by atoms with Gasteiger partial charge in [0.25, 0.3) is 5.91 Å². The zero-order chi connectivity index (χ0) is 19.0. The van der Waals surface area contributed by atoms with Crippen LogP contribution in [0.15, 0.2) is 17.2 Å². The quantitative estimate of drug-likeness (QED) is 0.838. The molecule has 2 atom stereocenters. The number of fused-ring (bicyclic) bond motifs is 1. The number of hydrogen-bond donors (Lipinski definition) is 1. The lowest BCUT2D eigenvalue weighted by atomic mass is 9.92. The first kappa shape index (κ1) is 19.0. The van der Waals surface area contributed by atoms with Crippen LogP contribution < -0.4 is 5.32 Å². The first-order valence-electron chi connectivity index (χ1n) is 10.1. The highest BCUT2D eigenvalue weighted by atomic mass is 32.2. The van der Waals surface area contributed by atoms with E-state index in [0.717, 1.165) is 58.3 Å². The van der Waals surface area contributed by atoms with Gasteiger partial charge in [-0.05, 0) is 56.7 Å². The Morgan fingerprint density at radius 2 is 1.67 bits per heavy atom. The Kier molecular flexibility index (Phi) is 5.31. The van der Waals surface area contributed by atoms with Crippen molar-refractivity contribution in [1.82, 2.24) is 19.1 Å². The number of likely N-dealkylation sites (tertiary alicyclic amines) is 1. The number of hydrogen-bond acceptors (Lipinski definition) is 4. The van der Waals surface area contributed by atoms with E-state index < -0.39 is 10.0 Å². The third kappa shape index (κ3) is 3.67. The molecule has 27 heavy (non-hydrogen) atoms. The molecule has 0 unspecified atom stereocenters. The molecule has 3 saturated heterocycles. The maximum Gasteiger partial charge on any atom is 0.270 e. The summed E-state index contributed by atoms with van der Waals surface area (Å²) in [6.07, 6.45) is 6.52. The van der Waals surface area contributed by atoms with Crippen LogP contribution in [0.2, 0.25) is 0 Å². The molecule has 4 rings (SSSR count). The fourth-order valence-corrected chi connectivity index (χ4v) is 6.31. The smallest absolute Gasteiger partial charge is 0.270 e. The van der Waals surface area contributed by atoms with Crippen molar-refractivity contribution in [2.75, 3.05) is 39.3 Å². The molecule has 0 aliphatic carbocycles. The molecule has 7 nitrogen and oxygen atoms in total. The summed E-state index contributed by atoms with van der Waals surface area (Å²) in [5.41, 5.74) is 0.468. The average Bonchev–Trinajstić information content (AvgIpc) is 3.24. The second kappa shape index (κ2) is 7.56. The van der Waals surface area contributed by atoms with Gasteiger partial charge in [-0.1, -0.05) is 6.42 Å². The van der Waals surface area contributed by atoms with Gasteiger partial charge in [-0.2, -0.15) is 4.31 Å². The molecule has 4 heterocycles. The second-order valence-electron chi connectivity index (χ2n) is 8.18. The summed E-state index contributed by atoms with van der Waals surface area (Å²) >= 11 is 0. The van der Waals surface area contributed by atoms with E-state index in [9.17, 15) is 13.2 Å². The number of aromatic nitrogens is 1. The van der Waals surface area contributed by atoms with Gasteiger partial charge in [0.2, 0.25) is 10.0 Å². The Bertz CT molecular complexity index is 784. The summed E-state index contributed by atoms with van der Waals surface area (Å²) < 4.78 is 29.1. The summed E-state index contributed by atoms with van der Waals surface area (Å²) in [5.74, 6) is 1.27. The number of sulfonamides is 1. The molecule has 1 N–H and O–H groups in total. The van der Waals surface area contributed by atoms with Crippen molar-refractivity contribution in [3.8, 4) is 0 Å². The number of carbonyl (C=O) groups excluding carboxylic acids is 1. The molecule has 0 aromatic carbocycles. The minimum absolute atomic E-state index is 0.0504. The molecule has 150 valence electrons. The van der Waals surface area contributed by atoms with Gasteiger partial charge >= 0.3 is 0 Å². The number of rotatable bonds is 3. The van der Waals surface area contributed by atoms with Crippen LogP contribution in [-0.4, -0.2) is 67.4 Å². The molecule has 0 spiro atoms. The number of carbonyl (C=O) groups is 1. The van der Waals surface area contributed by atoms with E-state index in [-0.39, 0.29) is 10.8 Å². The maximum atomic E-state index is 13.1. The van der Waals surface area contributed by atoms with Gasteiger partial charge in [-0.3, -0.25) is 4.79 Å². The first-order chi connectivity index (χ1) is 13.0. The van der Waals surface area contributed by atoms with Crippen molar-refractivity contribution in [3.63, 3.8) is 0 Å². The molecule has 3 aliphatic rings. The standard InChI is InChI=1S/C19H30N4O3S/c1-21-14-17(27(25,26)23-7-3-2-4-8-23)11-18(21)19(24)22-9-5-15-12-20-13-16(15)6-10-22/h11,14-16,20H,2-10,12-13H2,1H3/t15-,16+. The number of nitrogens with one attached hydrogen (secondary N) is 1. The molecular formula is C19H30N4O3S. The lowest BCUT2D eigenvalue weighted by molar-refractivity contribution is 0.0749. The molecule has 0 bridgehead atoms. The molecule has 1 aromatic rings. The minimum atomic E-state index is -3.51. The Morgan fingerprint density at radius 3 is 2.30 bits per heavy atom. The van der Waals surface area contributed by atoms with Gasteiger partial charge in [-0.25, -0.2) is 8.42 Å². The van der Waals surface area contributed by atoms with Gasteiger partial charge in [0.05, 0.1) is 0 Å². The number of piperidine rings is 1. The number of aryl methyl sites for hydroxylation is 1. The Labute approximate surface area is 161 Å². The maximum absolute atomic E-state index is 13.1. The van der Waals surface area contributed by atoms with Crippen molar-refractivity contribution >= 4 is 15.9 Å². The van der Waals surface area contributed by atoms with Crippen molar-refractivity contribution in [2.45, 2.75) is 37.0 Å². The van der Waals surface area contributed by atoms with Crippen molar-refractivity contribution in [1.29, 1.82) is 0 Å². The number of nitrogens with zero attached hydrogens (tertiary/aromatic N) is 3. The molecule has 3 aliphatic heterocycles. The van der Waals surface area contributed by atoms with E-state index in [1.54, 1.807) is 28.2 Å². The summed E-state index contributed by atoms with van der Waals surface area (Å²) in [4.78, 5) is 15.2. The highest BCUT2D eigenvalue weighted by Gasteiger charge is 2.33. The molecule has 1 amide bonds. The molecule has 0 radical (unpaired) electrons. The predicted octanol–water partition coefficient (Wildman–Crippen LogP) is 1.27. The third-order valence-corrected chi connectivity index (χ3v) is 8.32. The van der Waals surface area contributed by atoms with Gasteiger partial charge in [0.1, 0.15) is 10.6 Å².